The molecule has 0 spiro atoms. The van der Waals surface area contributed by atoms with E-state index in [4.69, 9.17) is 0 Å². The summed E-state index contributed by atoms with van der Waals surface area (Å²) in [4.78, 5) is 0. The Morgan fingerprint density at radius 3 is 2.80 bits per heavy atom. The Labute approximate surface area is 83.1 Å². The maximum Gasteiger partial charge on any atom is 0.0719 e. The maximum atomic E-state index is 3.48. The van der Waals surface area contributed by atoms with Gasteiger partial charge in [-0.15, -0.1) is 22.7 Å². The fraction of sp³-hybridized carbons (Fsp3) is 0. The molecule has 0 radical (unpaired) electrons. The number of halogens is 2. The van der Waals surface area contributed by atoms with Crippen molar-refractivity contribution in [2.75, 3.05) is 0 Å². The topological polar surface area (TPSA) is 0 Å². The smallest absolute Gasteiger partial charge is 0.0719 e. The molecule has 0 aliphatic heterocycles. The molecule has 0 saturated carbocycles. The van der Waals surface area contributed by atoms with Crippen LogP contribution in [-0.4, -0.2) is 0 Å². The van der Waals surface area contributed by atoms with Gasteiger partial charge >= 0.3 is 0 Å². The van der Waals surface area contributed by atoms with Crippen molar-refractivity contribution in [3.8, 4) is 0 Å². The highest BCUT2D eigenvalue weighted by Gasteiger charge is 2.04. The highest BCUT2D eigenvalue weighted by Crippen LogP contribution is 2.38. The molecule has 0 unspecified atom stereocenters. The molecule has 0 atom stereocenters. The van der Waals surface area contributed by atoms with Crippen LogP contribution in [0.2, 0.25) is 0 Å². The fourth-order valence-electron chi connectivity index (χ4n) is 0.769. The van der Waals surface area contributed by atoms with Gasteiger partial charge in [0.15, 0.2) is 0 Å². The lowest BCUT2D eigenvalue weighted by Crippen LogP contribution is -1.43. The van der Waals surface area contributed by atoms with Gasteiger partial charge in [-0.3, -0.25) is 0 Å². The number of rotatable bonds is 0. The second kappa shape index (κ2) is 2.59. The molecule has 0 fully saturated rings. The van der Waals surface area contributed by atoms with Crippen LogP contribution in [0.3, 0.4) is 0 Å². The Hall–Kier alpha value is 0.620. The average molecular weight is 298 g/mol. The first-order valence-corrected chi connectivity index (χ1v) is 5.87. The Morgan fingerprint density at radius 1 is 1.30 bits per heavy atom. The van der Waals surface area contributed by atoms with E-state index < -0.39 is 0 Å². The van der Waals surface area contributed by atoms with Crippen molar-refractivity contribution in [1.82, 2.24) is 0 Å². The third-order valence-corrected chi connectivity index (χ3v) is 5.10. The standard InChI is InChI=1S/C6H2Br2S2/c7-3-2-9-4-1-5(8)10-6(3)4/h1-2H. The van der Waals surface area contributed by atoms with Crippen LogP contribution in [-0.2, 0) is 0 Å². The van der Waals surface area contributed by atoms with Gasteiger partial charge in [0.2, 0.25) is 0 Å². The minimum Gasteiger partial charge on any atom is -0.142 e. The molecule has 2 rings (SSSR count). The predicted octanol–water partition coefficient (Wildman–Crippen LogP) is 4.49. The normalized spacial score (nSPS) is 11.0. The van der Waals surface area contributed by atoms with Crippen molar-refractivity contribution >= 4 is 63.9 Å². The van der Waals surface area contributed by atoms with Crippen LogP contribution < -0.4 is 0 Å². The van der Waals surface area contributed by atoms with Crippen molar-refractivity contribution in [1.29, 1.82) is 0 Å². The molecule has 2 aromatic rings. The molecule has 10 heavy (non-hydrogen) atoms. The zero-order chi connectivity index (χ0) is 7.14. The predicted molar refractivity (Wildman–Crippen MR) is 55.1 cm³/mol. The molecular formula is C6H2Br2S2. The van der Waals surface area contributed by atoms with Gasteiger partial charge in [-0.05, 0) is 37.9 Å². The molecule has 4 heteroatoms. The van der Waals surface area contributed by atoms with E-state index in [1.54, 1.807) is 22.7 Å². The first kappa shape index (κ1) is 7.28. The minimum atomic E-state index is 1.20. The van der Waals surface area contributed by atoms with Gasteiger partial charge in [-0.1, -0.05) is 0 Å². The van der Waals surface area contributed by atoms with E-state index >= 15 is 0 Å². The van der Waals surface area contributed by atoms with Crippen molar-refractivity contribution in [2.24, 2.45) is 0 Å². The molecule has 0 aliphatic rings. The minimum absolute atomic E-state index is 1.20. The monoisotopic (exact) mass is 296 g/mol. The lowest BCUT2D eigenvalue weighted by Gasteiger charge is -1.74. The first-order chi connectivity index (χ1) is 4.77. The van der Waals surface area contributed by atoms with Gasteiger partial charge in [-0.2, -0.15) is 0 Å². The van der Waals surface area contributed by atoms with Crippen LogP contribution in [0.5, 0.6) is 0 Å². The summed E-state index contributed by atoms with van der Waals surface area (Å²) < 4.78 is 5.11. The van der Waals surface area contributed by atoms with Crippen molar-refractivity contribution in [3.05, 3.63) is 19.7 Å². The van der Waals surface area contributed by atoms with Gasteiger partial charge in [0, 0.05) is 14.6 Å². The molecule has 0 aliphatic carbocycles. The van der Waals surface area contributed by atoms with E-state index in [1.807, 2.05) is 0 Å². The molecule has 2 aromatic heterocycles. The summed E-state index contributed by atoms with van der Waals surface area (Å²) in [6.45, 7) is 0. The zero-order valence-corrected chi connectivity index (χ0v) is 9.53. The van der Waals surface area contributed by atoms with Crippen LogP contribution in [0.4, 0.5) is 0 Å². The summed E-state index contributed by atoms with van der Waals surface area (Å²) in [6.07, 6.45) is 0. The van der Waals surface area contributed by atoms with Crippen LogP contribution in [0.15, 0.2) is 19.7 Å². The Kier molecular flexibility index (Phi) is 1.88. The Bertz CT molecular complexity index is 361. The van der Waals surface area contributed by atoms with E-state index in [1.165, 1.54) is 17.7 Å². The van der Waals surface area contributed by atoms with E-state index in [0.717, 1.165) is 0 Å². The Balaban J connectivity index is 2.90. The van der Waals surface area contributed by atoms with Crippen LogP contribution in [0.1, 0.15) is 0 Å². The molecule has 0 N–H and O–H groups in total. The number of fused-ring (bicyclic) bond motifs is 1. The molecule has 0 nitrogen and oxygen atoms in total. The molecule has 2 heterocycles. The largest absolute Gasteiger partial charge is 0.142 e. The van der Waals surface area contributed by atoms with E-state index in [2.05, 4.69) is 43.3 Å². The molecule has 0 bridgehead atoms. The highest BCUT2D eigenvalue weighted by atomic mass is 79.9. The molecule has 0 saturated heterocycles. The second-order valence-corrected chi connectivity index (χ2v) is 6.02. The Morgan fingerprint density at radius 2 is 2.10 bits per heavy atom. The lowest BCUT2D eigenvalue weighted by molar-refractivity contribution is 2.08. The summed E-state index contributed by atoms with van der Waals surface area (Å²) >= 11 is 10.5. The molecule has 52 valence electrons. The molecule has 0 amide bonds. The number of hydrogen-bond donors (Lipinski definition) is 0. The maximum absolute atomic E-state index is 3.48. The zero-order valence-electron chi connectivity index (χ0n) is 4.73. The SMILES string of the molecule is Brc1cc2scc(Br)c2s1. The average Bonchev–Trinajstić information content (AvgIpc) is 2.35. The van der Waals surface area contributed by atoms with Gasteiger partial charge < -0.3 is 0 Å². The van der Waals surface area contributed by atoms with Crippen LogP contribution in [0, 0.1) is 0 Å². The number of hydrogen-bond acceptors (Lipinski definition) is 2. The van der Waals surface area contributed by atoms with E-state index in [9.17, 15) is 0 Å². The third-order valence-electron chi connectivity index (χ3n) is 1.17. The van der Waals surface area contributed by atoms with E-state index in [-0.39, 0.29) is 0 Å². The number of thiophene rings is 2. The fourth-order valence-corrected chi connectivity index (χ4v) is 4.36. The first-order valence-electron chi connectivity index (χ1n) is 2.59. The quantitative estimate of drug-likeness (QED) is 0.672. The van der Waals surface area contributed by atoms with Crippen LogP contribution in [0.25, 0.3) is 9.40 Å². The van der Waals surface area contributed by atoms with E-state index in [0.29, 0.717) is 0 Å². The van der Waals surface area contributed by atoms with Gasteiger partial charge in [0.25, 0.3) is 0 Å². The lowest BCUT2D eigenvalue weighted by atomic mass is 10.5. The van der Waals surface area contributed by atoms with Gasteiger partial charge in [0.05, 0.1) is 8.49 Å². The van der Waals surface area contributed by atoms with Gasteiger partial charge in [-0.25, -0.2) is 0 Å². The second-order valence-electron chi connectivity index (χ2n) is 1.83. The highest BCUT2D eigenvalue weighted by molar-refractivity contribution is 9.11. The summed E-state index contributed by atoms with van der Waals surface area (Å²) in [5.74, 6) is 0. The summed E-state index contributed by atoms with van der Waals surface area (Å²) in [5, 5.41) is 2.12. The van der Waals surface area contributed by atoms with Crippen molar-refractivity contribution in [3.63, 3.8) is 0 Å². The van der Waals surface area contributed by atoms with Crippen LogP contribution >= 0.6 is 54.5 Å². The molecular weight excluding hydrogens is 296 g/mol. The summed E-state index contributed by atoms with van der Waals surface area (Å²) in [6, 6.07) is 2.15. The molecule has 0 aromatic carbocycles. The van der Waals surface area contributed by atoms with Crippen molar-refractivity contribution < 1.29 is 0 Å². The van der Waals surface area contributed by atoms with Crippen molar-refractivity contribution in [2.45, 2.75) is 0 Å². The van der Waals surface area contributed by atoms with Gasteiger partial charge in [0.1, 0.15) is 0 Å². The third kappa shape index (κ3) is 1.07. The summed E-state index contributed by atoms with van der Waals surface area (Å²) in [5.41, 5.74) is 0. The summed E-state index contributed by atoms with van der Waals surface area (Å²) in [7, 11) is 0.